The molecule has 2 aromatic carbocycles. The maximum atomic E-state index is 13.1. The van der Waals surface area contributed by atoms with E-state index in [0.29, 0.717) is 16.8 Å². The number of rotatable bonds is 5. The van der Waals surface area contributed by atoms with Crippen LogP contribution in [0.5, 0.6) is 5.75 Å². The number of halogens is 3. The molecule has 0 bridgehead atoms. The van der Waals surface area contributed by atoms with Crippen molar-refractivity contribution in [1.29, 1.82) is 0 Å². The Labute approximate surface area is 178 Å². The number of aromatic hydroxyl groups is 1. The Morgan fingerprint density at radius 3 is 2.68 bits per heavy atom. The summed E-state index contributed by atoms with van der Waals surface area (Å²) in [6, 6.07) is 14.7. The third kappa shape index (κ3) is 4.57. The Bertz CT molecular complexity index is 1030. The monoisotopic (exact) mass is 430 g/mol. The highest BCUT2D eigenvalue weighted by Gasteiger charge is 2.38. The van der Waals surface area contributed by atoms with Crippen molar-refractivity contribution in [2.45, 2.75) is 37.6 Å². The van der Waals surface area contributed by atoms with Crippen LogP contribution in [-0.4, -0.2) is 50.7 Å². The van der Waals surface area contributed by atoms with Crippen molar-refractivity contribution in [2.75, 3.05) is 6.54 Å². The lowest BCUT2D eigenvalue weighted by molar-refractivity contribution is -0.146. The van der Waals surface area contributed by atoms with Crippen LogP contribution in [0.15, 0.2) is 48.5 Å². The quantitative estimate of drug-likeness (QED) is 0.605. The first-order valence-corrected chi connectivity index (χ1v) is 10.0. The first kappa shape index (κ1) is 21.3. The van der Waals surface area contributed by atoms with Crippen LogP contribution in [0.4, 0.5) is 13.2 Å². The average Bonchev–Trinajstić information content (AvgIpc) is 3.24. The summed E-state index contributed by atoms with van der Waals surface area (Å²) in [5.41, 5.74) is 1.80. The van der Waals surface area contributed by atoms with Crippen LogP contribution < -0.4 is 5.32 Å². The standard InChI is InChI=1S/C20H22BF3N6O/c21-29-10-4-7-16(18(29)13-5-2-1-3-6-13)25-12-14-11-15(8-9-17(14)31)30-19(20(22,23)24)26-27-28-30/h1-3,5-6,8-9,11,16,18,25,31H,4,7,10,12,21H2/t16-,18-/m0/s1. The first-order valence-electron chi connectivity index (χ1n) is 10.0. The summed E-state index contributed by atoms with van der Waals surface area (Å²) in [5.74, 6) is -1.21. The number of tetrazole rings is 1. The topological polar surface area (TPSA) is 79.1 Å². The molecule has 162 valence electrons. The summed E-state index contributed by atoms with van der Waals surface area (Å²) < 4.78 is 40.1. The Morgan fingerprint density at radius 1 is 1.16 bits per heavy atom. The third-order valence-electron chi connectivity index (χ3n) is 5.61. The number of aromatic nitrogens is 4. The van der Waals surface area contributed by atoms with Crippen LogP contribution in [0.25, 0.3) is 5.69 Å². The van der Waals surface area contributed by atoms with Crippen molar-refractivity contribution in [3.63, 3.8) is 0 Å². The van der Waals surface area contributed by atoms with Gasteiger partial charge in [-0.3, -0.25) is 0 Å². The van der Waals surface area contributed by atoms with Gasteiger partial charge >= 0.3 is 6.18 Å². The minimum Gasteiger partial charge on any atom is -0.508 e. The van der Waals surface area contributed by atoms with Gasteiger partial charge in [-0.15, -0.1) is 5.10 Å². The SMILES string of the molecule is BN1CCC[C@H](NCc2cc(-n3nnnc3C(F)(F)F)ccc2O)[C@@H]1c1ccccc1. The van der Waals surface area contributed by atoms with Crippen molar-refractivity contribution in [3.8, 4) is 11.4 Å². The molecule has 2 atom stereocenters. The molecule has 1 aliphatic heterocycles. The van der Waals surface area contributed by atoms with Crippen LogP contribution in [-0.2, 0) is 12.7 Å². The lowest BCUT2D eigenvalue weighted by Crippen LogP contribution is -2.47. The normalized spacial score (nSPS) is 20.1. The predicted octanol–water partition coefficient (Wildman–Crippen LogP) is 2.23. The van der Waals surface area contributed by atoms with Gasteiger partial charge in [-0.25, -0.2) is 0 Å². The van der Waals surface area contributed by atoms with Crippen LogP contribution in [0.1, 0.15) is 35.8 Å². The Balaban J connectivity index is 1.56. The number of phenols is 1. The van der Waals surface area contributed by atoms with Gasteiger partial charge in [0, 0.05) is 24.2 Å². The molecule has 0 saturated carbocycles. The molecule has 0 spiro atoms. The summed E-state index contributed by atoms with van der Waals surface area (Å²) >= 11 is 0. The fourth-order valence-electron chi connectivity index (χ4n) is 4.14. The molecule has 1 fully saturated rings. The number of benzene rings is 2. The molecule has 7 nitrogen and oxygen atoms in total. The number of alkyl halides is 3. The maximum Gasteiger partial charge on any atom is 0.453 e. The smallest absolute Gasteiger partial charge is 0.453 e. The summed E-state index contributed by atoms with van der Waals surface area (Å²) in [4.78, 5) is 2.30. The Hall–Kier alpha value is -2.92. The molecule has 1 aliphatic rings. The molecule has 4 rings (SSSR count). The number of hydrogen-bond acceptors (Lipinski definition) is 6. The van der Waals surface area contributed by atoms with Gasteiger partial charge in [0.2, 0.25) is 0 Å². The van der Waals surface area contributed by atoms with E-state index in [1.165, 1.54) is 23.8 Å². The number of hydrogen-bond donors (Lipinski definition) is 2. The molecule has 2 heterocycles. The zero-order chi connectivity index (χ0) is 22.0. The molecule has 2 N–H and O–H groups in total. The van der Waals surface area contributed by atoms with Crippen molar-refractivity contribution < 1.29 is 18.3 Å². The molecule has 31 heavy (non-hydrogen) atoms. The second-order valence-electron chi connectivity index (χ2n) is 7.69. The van der Waals surface area contributed by atoms with Crippen molar-refractivity contribution in [3.05, 3.63) is 65.5 Å². The molecule has 0 aliphatic carbocycles. The number of piperidine rings is 1. The predicted molar refractivity (Wildman–Crippen MR) is 110 cm³/mol. The highest BCUT2D eigenvalue weighted by Crippen LogP contribution is 2.32. The van der Waals surface area contributed by atoms with E-state index in [-0.39, 0.29) is 23.5 Å². The number of nitrogens with one attached hydrogen (secondary N) is 1. The maximum absolute atomic E-state index is 13.1. The lowest BCUT2D eigenvalue weighted by atomic mass is 9.88. The minimum absolute atomic E-state index is 0.00157. The van der Waals surface area contributed by atoms with E-state index < -0.39 is 12.0 Å². The minimum atomic E-state index is -4.69. The Kier molecular flexibility index (Phi) is 5.97. The summed E-state index contributed by atoms with van der Waals surface area (Å²) in [6.07, 6.45) is -2.70. The molecule has 1 aromatic heterocycles. The van der Waals surface area contributed by atoms with Crippen molar-refractivity contribution in [1.82, 2.24) is 30.3 Å². The molecule has 0 radical (unpaired) electrons. The van der Waals surface area contributed by atoms with Gasteiger partial charge in [-0.05, 0) is 53.6 Å². The van der Waals surface area contributed by atoms with E-state index in [4.69, 9.17) is 0 Å². The van der Waals surface area contributed by atoms with Crippen molar-refractivity contribution in [2.24, 2.45) is 0 Å². The highest BCUT2D eigenvalue weighted by molar-refractivity contribution is 6.04. The van der Waals surface area contributed by atoms with E-state index in [0.717, 1.165) is 19.4 Å². The fourth-order valence-corrected chi connectivity index (χ4v) is 4.14. The van der Waals surface area contributed by atoms with Gasteiger partial charge in [-0.2, -0.15) is 17.9 Å². The molecule has 3 aromatic rings. The molecular formula is C20H22BF3N6O. The van der Waals surface area contributed by atoms with Gasteiger partial charge in [-0.1, -0.05) is 30.3 Å². The summed E-state index contributed by atoms with van der Waals surface area (Å²) in [5, 5.41) is 23.5. The first-order chi connectivity index (χ1) is 14.8. The van der Waals surface area contributed by atoms with E-state index in [1.54, 1.807) is 0 Å². The number of phenolic OH excluding ortho intramolecular Hbond substituents is 1. The molecule has 11 heteroatoms. The van der Waals surface area contributed by atoms with Crippen molar-refractivity contribution >= 4 is 7.98 Å². The zero-order valence-corrected chi connectivity index (χ0v) is 16.9. The lowest BCUT2D eigenvalue weighted by Gasteiger charge is -2.40. The van der Waals surface area contributed by atoms with Crippen LogP contribution in [0, 0.1) is 0 Å². The van der Waals surface area contributed by atoms with Gasteiger partial charge in [0.15, 0.2) is 7.98 Å². The van der Waals surface area contributed by atoms with E-state index >= 15 is 0 Å². The molecule has 0 amide bonds. The average molecular weight is 430 g/mol. The van der Waals surface area contributed by atoms with Gasteiger partial charge in [0.1, 0.15) is 5.75 Å². The summed E-state index contributed by atoms with van der Waals surface area (Å²) in [7, 11) is 2.08. The van der Waals surface area contributed by atoms with Gasteiger partial charge < -0.3 is 15.2 Å². The Morgan fingerprint density at radius 2 is 1.94 bits per heavy atom. The van der Waals surface area contributed by atoms with Crippen LogP contribution in [0.2, 0.25) is 0 Å². The fraction of sp³-hybridized carbons (Fsp3) is 0.350. The number of nitrogens with zero attached hydrogens (tertiary/aromatic N) is 5. The molecular weight excluding hydrogens is 408 g/mol. The van der Waals surface area contributed by atoms with Crippen LogP contribution in [0.3, 0.4) is 0 Å². The van der Waals surface area contributed by atoms with Gasteiger partial charge in [0.05, 0.1) is 5.69 Å². The largest absolute Gasteiger partial charge is 0.508 e. The van der Waals surface area contributed by atoms with E-state index in [1.807, 2.05) is 18.2 Å². The third-order valence-corrected chi connectivity index (χ3v) is 5.61. The summed E-state index contributed by atoms with van der Waals surface area (Å²) in [6.45, 7) is 1.28. The zero-order valence-electron chi connectivity index (χ0n) is 16.9. The van der Waals surface area contributed by atoms with E-state index in [2.05, 4.69) is 45.8 Å². The molecule has 1 saturated heterocycles. The second kappa shape index (κ2) is 8.68. The second-order valence-corrected chi connectivity index (χ2v) is 7.69. The van der Waals surface area contributed by atoms with E-state index in [9.17, 15) is 18.3 Å². The highest BCUT2D eigenvalue weighted by atomic mass is 19.4. The van der Waals surface area contributed by atoms with Crippen LogP contribution >= 0.6 is 0 Å². The molecule has 0 unspecified atom stereocenters. The van der Waals surface area contributed by atoms with Gasteiger partial charge in [0.25, 0.3) is 5.82 Å².